The molecular formula is C37H50F2N6O6. The van der Waals surface area contributed by atoms with Gasteiger partial charge in [0.05, 0.1) is 12.1 Å². The number of unbranched alkanes of at least 4 members (excludes halogenated alkanes) is 1. The van der Waals surface area contributed by atoms with Gasteiger partial charge in [0, 0.05) is 55.6 Å². The molecule has 51 heavy (non-hydrogen) atoms. The van der Waals surface area contributed by atoms with Gasteiger partial charge in [0.25, 0.3) is 0 Å². The van der Waals surface area contributed by atoms with Crippen molar-refractivity contribution in [3.05, 3.63) is 83.7 Å². The van der Waals surface area contributed by atoms with Crippen LogP contribution < -0.4 is 22.1 Å². The van der Waals surface area contributed by atoms with E-state index >= 15 is 0 Å². The first-order chi connectivity index (χ1) is 24.1. The maximum atomic E-state index is 15.0. The van der Waals surface area contributed by atoms with Gasteiger partial charge < -0.3 is 41.8 Å². The van der Waals surface area contributed by atoms with E-state index in [0.717, 1.165) is 23.8 Å². The van der Waals surface area contributed by atoms with Gasteiger partial charge in [0.1, 0.15) is 24.3 Å². The Hall–Kier alpha value is -4.66. The highest BCUT2D eigenvalue weighted by Gasteiger charge is 2.37. The summed E-state index contributed by atoms with van der Waals surface area (Å²) in [5, 5.41) is 24.2. The first kappa shape index (κ1) is 40.8. The highest BCUT2D eigenvalue weighted by Crippen LogP contribution is 2.41. The Kier molecular flexibility index (Phi) is 15.3. The number of aliphatic hydroxyl groups excluding tert-OH is 1. The molecule has 12 nitrogen and oxygen atoms in total. The molecule has 3 rings (SSSR count). The number of aliphatic carboxylic acids is 1. The van der Waals surface area contributed by atoms with Gasteiger partial charge in [0.2, 0.25) is 17.7 Å². The molecule has 3 amide bonds. The summed E-state index contributed by atoms with van der Waals surface area (Å²) in [5.41, 5.74) is 13.1. The number of aliphatic hydroxyl groups is 1. The Morgan fingerprint density at radius 2 is 1.63 bits per heavy atom. The molecule has 0 aliphatic rings. The molecule has 0 aliphatic carbocycles. The number of amides is 3. The molecule has 1 aromatic heterocycles. The van der Waals surface area contributed by atoms with Crippen LogP contribution in [0.2, 0.25) is 0 Å². The molecule has 0 fully saturated rings. The molecule has 14 heteroatoms. The van der Waals surface area contributed by atoms with E-state index in [9.17, 15) is 33.1 Å². The Bertz CT molecular complexity index is 1630. The van der Waals surface area contributed by atoms with Crippen molar-refractivity contribution < 1.29 is 38.2 Å². The number of nitrogens with zero attached hydrogens (tertiary/aromatic N) is 2. The fraction of sp³-hybridized carbons (Fsp3) is 0.459. The van der Waals surface area contributed by atoms with Crippen molar-refractivity contribution in [3.8, 4) is 11.1 Å². The number of carbonyl (C=O) groups excluding carboxylic acids is 3. The molecule has 0 radical (unpaired) electrons. The summed E-state index contributed by atoms with van der Waals surface area (Å²) in [7, 11) is 0. The van der Waals surface area contributed by atoms with E-state index in [1.807, 2.05) is 55.7 Å². The zero-order valence-corrected chi connectivity index (χ0v) is 29.4. The summed E-state index contributed by atoms with van der Waals surface area (Å²) in [6.45, 7) is 5.66. The number of hydrogen-bond donors (Lipinski definition) is 6. The second kappa shape index (κ2) is 19.1. The van der Waals surface area contributed by atoms with E-state index in [0.29, 0.717) is 43.6 Å². The molecule has 0 bridgehead atoms. The molecule has 1 heterocycles. The third-order valence-electron chi connectivity index (χ3n) is 8.48. The standard InChI is InChI=1S/C37H50F2N6O6/c1-37(2,3)34(31-19-25(27-20-26(38)12-13-28(27)39)22-44(31)21-24-9-5-4-6-10-24)45(33(48)23-46)18-15-29(40)35(49)43-17-14-32(47)42-16-8-7-11-30(41)36(50)51/h4-6,9-10,12-13,19-20,22,29-30,34,46H,7-8,11,14-18,21,23,40-41H2,1-3H3,(H,42,47)(H,43,49)(H,50,51). The van der Waals surface area contributed by atoms with E-state index in [1.165, 1.54) is 4.90 Å². The SMILES string of the molecule is CC(C)(C)C(c1cc(-c2cc(F)ccc2F)cn1Cc1ccccc1)N(CCC(N)C(=O)NCCC(=O)NCCCCC(N)C(=O)O)C(=O)CO. The first-order valence-corrected chi connectivity index (χ1v) is 17.0. The van der Waals surface area contributed by atoms with Crippen LogP contribution in [0.15, 0.2) is 60.8 Å². The molecule has 8 N–H and O–H groups in total. The van der Waals surface area contributed by atoms with Gasteiger partial charge in [-0.2, -0.15) is 0 Å². The van der Waals surface area contributed by atoms with Crippen LogP contribution in [0.4, 0.5) is 8.78 Å². The normalized spacial score (nSPS) is 13.3. The fourth-order valence-corrected chi connectivity index (χ4v) is 5.87. The lowest BCUT2D eigenvalue weighted by molar-refractivity contribution is -0.140. The number of halogens is 2. The fourth-order valence-electron chi connectivity index (χ4n) is 5.87. The van der Waals surface area contributed by atoms with Gasteiger partial charge >= 0.3 is 5.97 Å². The molecular weight excluding hydrogens is 662 g/mol. The number of hydrogen-bond acceptors (Lipinski definition) is 7. The van der Waals surface area contributed by atoms with Crippen LogP contribution in [0.25, 0.3) is 11.1 Å². The van der Waals surface area contributed by atoms with Gasteiger partial charge in [-0.3, -0.25) is 19.2 Å². The van der Waals surface area contributed by atoms with E-state index < -0.39 is 59.6 Å². The van der Waals surface area contributed by atoms with Crippen LogP contribution in [0.3, 0.4) is 0 Å². The molecule has 3 aromatic rings. The predicted molar refractivity (Wildman–Crippen MR) is 189 cm³/mol. The molecule has 2 aromatic carbocycles. The van der Waals surface area contributed by atoms with E-state index in [2.05, 4.69) is 10.6 Å². The van der Waals surface area contributed by atoms with E-state index in [-0.39, 0.29) is 37.4 Å². The van der Waals surface area contributed by atoms with Gasteiger partial charge in [-0.05, 0) is 60.9 Å². The molecule has 0 saturated carbocycles. The summed E-state index contributed by atoms with van der Waals surface area (Å²) in [6.07, 6.45) is 3.14. The smallest absolute Gasteiger partial charge is 0.320 e. The highest BCUT2D eigenvalue weighted by molar-refractivity contribution is 5.83. The number of carboxylic acid groups (broad SMARTS) is 1. The number of aromatic nitrogens is 1. The van der Waals surface area contributed by atoms with Crippen molar-refractivity contribution >= 4 is 23.7 Å². The third-order valence-corrected chi connectivity index (χ3v) is 8.48. The molecule has 0 spiro atoms. The van der Waals surface area contributed by atoms with Crippen molar-refractivity contribution in [2.45, 2.75) is 77.5 Å². The van der Waals surface area contributed by atoms with Crippen LogP contribution in [0.5, 0.6) is 0 Å². The molecule has 0 aliphatic heterocycles. The summed E-state index contributed by atoms with van der Waals surface area (Å²) in [4.78, 5) is 50.7. The number of benzene rings is 2. The number of carboxylic acids is 1. The van der Waals surface area contributed by atoms with Gasteiger partial charge in [0.15, 0.2) is 0 Å². The van der Waals surface area contributed by atoms with Crippen LogP contribution in [-0.4, -0.2) is 81.7 Å². The van der Waals surface area contributed by atoms with Gasteiger partial charge in [-0.15, -0.1) is 0 Å². The lowest BCUT2D eigenvalue weighted by Gasteiger charge is -2.41. The minimum absolute atomic E-state index is 0.000959. The number of nitrogens with two attached hydrogens (primary N) is 2. The number of nitrogens with one attached hydrogen (secondary N) is 2. The minimum atomic E-state index is -1.07. The Balaban J connectivity index is 1.74. The summed E-state index contributed by atoms with van der Waals surface area (Å²) in [5.74, 6) is -3.70. The lowest BCUT2D eigenvalue weighted by atomic mass is 9.82. The van der Waals surface area contributed by atoms with Crippen LogP contribution in [0.1, 0.15) is 70.2 Å². The monoisotopic (exact) mass is 712 g/mol. The lowest BCUT2D eigenvalue weighted by Crippen LogP contribution is -2.47. The highest BCUT2D eigenvalue weighted by atomic mass is 19.1. The zero-order chi connectivity index (χ0) is 37.7. The van der Waals surface area contributed by atoms with Crippen molar-refractivity contribution in [3.63, 3.8) is 0 Å². The number of rotatable bonds is 19. The van der Waals surface area contributed by atoms with Crippen LogP contribution in [-0.2, 0) is 25.7 Å². The average Bonchev–Trinajstić information content (AvgIpc) is 3.48. The second-order valence-electron chi connectivity index (χ2n) is 13.6. The quantitative estimate of drug-likeness (QED) is 0.102. The summed E-state index contributed by atoms with van der Waals surface area (Å²) in [6, 6.07) is 11.8. The maximum absolute atomic E-state index is 15.0. The van der Waals surface area contributed by atoms with Crippen molar-refractivity contribution in [1.82, 2.24) is 20.1 Å². The number of carbonyl (C=O) groups is 4. The van der Waals surface area contributed by atoms with Crippen LogP contribution in [0, 0.1) is 17.0 Å². The second-order valence-corrected chi connectivity index (χ2v) is 13.6. The molecule has 3 unspecified atom stereocenters. The van der Waals surface area contributed by atoms with Crippen LogP contribution >= 0.6 is 0 Å². The molecule has 0 saturated heterocycles. The molecule has 3 atom stereocenters. The average molecular weight is 713 g/mol. The zero-order valence-electron chi connectivity index (χ0n) is 29.4. The third kappa shape index (κ3) is 12.3. The Morgan fingerprint density at radius 3 is 2.27 bits per heavy atom. The maximum Gasteiger partial charge on any atom is 0.320 e. The molecule has 278 valence electrons. The van der Waals surface area contributed by atoms with Gasteiger partial charge in [-0.1, -0.05) is 51.1 Å². The van der Waals surface area contributed by atoms with Crippen molar-refractivity contribution in [2.24, 2.45) is 16.9 Å². The largest absolute Gasteiger partial charge is 0.480 e. The van der Waals surface area contributed by atoms with Crippen molar-refractivity contribution in [2.75, 3.05) is 26.2 Å². The first-order valence-electron chi connectivity index (χ1n) is 17.0. The van der Waals surface area contributed by atoms with Crippen molar-refractivity contribution in [1.29, 1.82) is 0 Å². The summed E-state index contributed by atoms with van der Waals surface area (Å²) >= 11 is 0. The van der Waals surface area contributed by atoms with E-state index in [4.69, 9.17) is 16.6 Å². The van der Waals surface area contributed by atoms with E-state index in [1.54, 1.807) is 12.3 Å². The summed E-state index contributed by atoms with van der Waals surface area (Å²) < 4.78 is 31.1. The Labute approximate surface area is 297 Å². The topological polar surface area (TPSA) is 193 Å². The Morgan fingerprint density at radius 1 is 0.922 bits per heavy atom. The van der Waals surface area contributed by atoms with Gasteiger partial charge in [-0.25, -0.2) is 8.78 Å². The predicted octanol–water partition coefficient (Wildman–Crippen LogP) is 3.31. The minimum Gasteiger partial charge on any atom is -0.480 e.